The molecule has 2 aromatic carbocycles. The van der Waals surface area contributed by atoms with Crippen molar-refractivity contribution in [1.29, 1.82) is 0 Å². The Morgan fingerprint density at radius 1 is 1.04 bits per heavy atom. The van der Waals surface area contributed by atoms with Crippen molar-refractivity contribution in [1.82, 2.24) is 0 Å². The average Bonchev–Trinajstić information content (AvgIpc) is 2.54. The zero-order valence-corrected chi connectivity index (χ0v) is 13.3. The van der Waals surface area contributed by atoms with Gasteiger partial charge in [-0.3, -0.25) is 4.79 Å². The van der Waals surface area contributed by atoms with Gasteiger partial charge in [-0.2, -0.15) is 8.78 Å². The van der Waals surface area contributed by atoms with E-state index < -0.39 is 41.4 Å². The summed E-state index contributed by atoms with van der Waals surface area (Å²) < 4.78 is 55.8. The molecule has 0 atom stereocenters. The number of hydrogen-bond donors (Lipinski definition) is 1. The molecule has 0 saturated heterocycles. The summed E-state index contributed by atoms with van der Waals surface area (Å²) in [6, 6.07) is 8.41. The molecule has 0 saturated carbocycles. The number of amides is 1. The van der Waals surface area contributed by atoms with Gasteiger partial charge in [0.1, 0.15) is 17.2 Å². The second-order valence-corrected chi connectivity index (χ2v) is 5.69. The zero-order chi connectivity index (χ0) is 18.4. The summed E-state index contributed by atoms with van der Waals surface area (Å²) in [4.78, 5) is 23.6. The standard InChI is InChI=1S/C16H11F4NO3S/c17-11-2-1-3-12(18)14(11)15(23)24-8-13(22)21-9-4-6-10(7-5-9)25-16(19)20/h1-7,16H,8H2,(H,21,22). The number of benzene rings is 2. The van der Waals surface area contributed by atoms with Crippen molar-refractivity contribution in [3.05, 3.63) is 59.7 Å². The summed E-state index contributed by atoms with van der Waals surface area (Å²) in [5.74, 6) is -6.82. The molecule has 0 aromatic heterocycles. The summed E-state index contributed by atoms with van der Waals surface area (Å²) >= 11 is 0.354. The first-order valence-corrected chi connectivity index (χ1v) is 7.70. The summed E-state index contributed by atoms with van der Waals surface area (Å²) in [6.07, 6.45) is 0. The van der Waals surface area contributed by atoms with Gasteiger partial charge < -0.3 is 10.1 Å². The second-order valence-electron chi connectivity index (χ2n) is 4.62. The predicted octanol–water partition coefficient (Wildman–Crippen LogP) is 4.08. The van der Waals surface area contributed by atoms with Crippen LogP contribution in [0.25, 0.3) is 0 Å². The van der Waals surface area contributed by atoms with Crippen molar-refractivity contribution in [3.63, 3.8) is 0 Å². The number of ether oxygens (including phenoxy) is 1. The lowest BCUT2D eigenvalue weighted by molar-refractivity contribution is -0.119. The first-order valence-electron chi connectivity index (χ1n) is 6.82. The molecule has 0 aliphatic rings. The van der Waals surface area contributed by atoms with Crippen LogP contribution in [0.3, 0.4) is 0 Å². The third-order valence-electron chi connectivity index (χ3n) is 2.86. The smallest absolute Gasteiger partial charge is 0.344 e. The van der Waals surface area contributed by atoms with Crippen LogP contribution >= 0.6 is 11.8 Å². The molecule has 2 rings (SSSR count). The number of carbonyl (C=O) groups excluding carboxylic acids is 2. The van der Waals surface area contributed by atoms with E-state index in [1.54, 1.807) is 0 Å². The van der Waals surface area contributed by atoms with E-state index in [1.807, 2.05) is 0 Å². The largest absolute Gasteiger partial charge is 0.452 e. The first-order chi connectivity index (χ1) is 11.9. The number of esters is 1. The topological polar surface area (TPSA) is 55.4 Å². The number of carbonyl (C=O) groups is 2. The third kappa shape index (κ3) is 5.49. The fourth-order valence-electron chi connectivity index (χ4n) is 1.81. The Kier molecular flexibility index (Phi) is 6.40. The van der Waals surface area contributed by atoms with Gasteiger partial charge in [-0.05, 0) is 36.4 Å². The first kappa shape index (κ1) is 18.8. The maximum absolute atomic E-state index is 13.4. The van der Waals surface area contributed by atoms with Gasteiger partial charge in [-0.1, -0.05) is 17.8 Å². The Bertz CT molecular complexity index is 748. The molecule has 4 nitrogen and oxygen atoms in total. The van der Waals surface area contributed by atoms with Crippen LogP contribution in [-0.2, 0) is 9.53 Å². The molecule has 0 aliphatic carbocycles. The quantitative estimate of drug-likeness (QED) is 0.471. The number of halogens is 4. The number of anilines is 1. The van der Waals surface area contributed by atoms with E-state index in [-0.39, 0.29) is 5.69 Å². The fourth-order valence-corrected chi connectivity index (χ4v) is 2.31. The molecular weight excluding hydrogens is 362 g/mol. The van der Waals surface area contributed by atoms with E-state index in [2.05, 4.69) is 10.1 Å². The summed E-state index contributed by atoms with van der Waals surface area (Å²) in [5.41, 5.74) is -0.597. The Morgan fingerprint density at radius 3 is 2.20 bits per heavy atom. The van der Waals surface area contributed by atoms with Crippen LogP contribution in [0, 0.1) is 11.6 Å². The second kappa shape index (κ2) is 8.52. The van der Waals surface area contributed by atoms with Gasteiger partial charge in [0.2, 0.25) is 0 Å². The molecule has 132 valence electrons. The molecule has 2 aromatic rings. The van der Waals surface area contributed by atoms with Crippen LogP contribution in [0.5, 0.6) is 0 Å². The van der Waals surface area contributed by atoms with Gasteiger partial charge in [0.15, 0.2) is 6.61 Å². The molecule has 0 radical (unpaired) electrons. The highest BCUT2D eigenvalue weighted by atomic mass is 32.2. The van der Waals surface area contributed by atoms with E-state index in [1.165, 1.54) is 24.3 Å². The lowest BCUT2D eigenvalue weighted by Gasteiger charge is -2.08. The van der Waals surface area contributed by atoms with Gasteiger partial charge in [0.25, 0.3) is 11.7 Å². The Hall–Kier alpha value is -2.55. The fraction of sp³-hybridized carbons (Fsp3) is 0.125. The number of hydrogen-bond acceptors (Lipinski definition) is 4. The average molecular weight is 373 g/mol. The predicted molar refractivity (Wildman–Crippen MR) is 83.6 cm³/mol. The normalized spacial score (nSPS) is 10.6. The van der Waals surface area contributed by atoms with Gasteiger partial charge in [-0.15, -0.1) is 0 Å². The molecule has 0 spiro atoms. The minimum atomic E-state index is -2.56. The molecule has 0 aliphatic heterocycles. The molecule has 25 heavy (non-hydrogen) atoms. The Morgan fingerprint density at radius 2 is 1.64 bits per heavy atom. The molecule has 0 heterocycles. The van der Waals surface area contributed by atoms with Crippen LogP contribution in [0.15, 0.2) is 47.4 Å². The van der Waals surface area contributed by atoms with E-state index in [0.717, 1.165) is 18.2 Å². The summed E-state index contributed by atoms with van der Waals surface area (Å²) in [5, 5.41) is 2.36. The monoisotopic (exact) mass is 373 g/mol. The van der Waals surface area contributed by atoms with Crippen molar-refractivity contribution in [2.75, 3.05) is 11.9 Å². The molecule has 1 amide bonds. The van der Waals surface area contributed by atoms with Crippen LogP contribution in [0.4, 0.5) is 23.2 Å². The number of thioether (sulfide) groups is 1. The summed E-state index contributed by atoms with van der Waals surface area (Å²) in [6.45, 7) is -0.764. The minimum Gasteiger partial charge on any atom is -0.452 e. The molecule has 0 unspecified atom stereocenters. The highest BCUT2D eigenvalue weighted by molar-refractivity contribution is 7.99. The van der Waals surface area contributed by atoms with E-state index >= 15 is 0 Å². The van der Waals surface area contributed by atoms with Crippen LogP contribution in [0.2, 0.25) is 0 Å². The lowest BCUT2D eigenvalue weighted by atomic mass is 10.2. The van der Waals surface area contributed by atoms with E-state index in [4.69, 9.17) is 0 Å². The molecule has 1 N–H and O–H groups in total. The van der Waals surface area contributed by atoms with Crippen LogP contribution in [0.1, 0.15) is 10.4 Å². The van der Waals surface area contributed by atoms with E-state index in [0.29, 0.717) is 16.7 Å². The van der Waals surface area contributed by atoms with Gasteiger partial charge in [0, 0.05) is 10.6 Å². The molecule has 0 bridgehead atoms. The van der Waals surface area contributed by atoms with Crippen LogP contribution < -0.4 is 5.32 Å². The number of nitrogens with one attached hydrogen (secondary N) is 1. The summed E-state index contributed by atoms with van der Waals surface area (Å²) in [7, 11) is 0. The van der Waals surface area contributed by atoms with Crippen molar-refractivity contribution in [3.8, 4) is 0 Å². The molecule has 9 heteroatoms. The molecule has 0 fully saturated rings. The highest BCUT2D eigenvalue weighted by Gasteiger charge is 2.19. The maximum Gasteiger partial charge on any atom is 0.344 e. The minimum absolute atomic E-state index is 0.289. The number of alkyl halides is 2. The third-order valence-corrected chi connectivity index (χ3v) is 3.59. The Balaban J connectivity index is 1.89. The van der Waals surface area contributed by atoms with Gasteiger partial charge in [0.05, 0.1) is 0 Å². The molecular formula is C16H11F4NO3S. The SMILES string of the molecule is O=C(COC(=O)c1c(F)cccc1F)Nc1ccc(SC(F)F)cc1. The van der Waals surface area contributed by atoms with Crippen molar-refractivity contribution in [2.24, 2.45) is 0 Å². The lowest BCUT2D eigenvalue weighted by Crippen LogP contribution is -2.21. The van der Waals surface area contributed by atoms with Crippen molar-refractivity contribution >= 4 is 29.3 Å². The van der Waals surface area contributed by atoms with Crippen LogP contribution in [-0.4, -0.2) is 24.2 Å². The highest BCUT2D eigenvalue weighted by Crippen LogP contribution is 2.26. The zero-order valence-electron chi connectivity index (χ0n) is 12.5. The maximum atomic E-state index is 13.4. The van der Waals surface area contributed by atoms with Crippen molar-refractivity contribution < 1.29 is 31.9 Å². The van der Waals surface area contributed by atoms with Crippen molar-refractivity contribution in [2.45, 2.75) is 10.7 Å². The Labute approximate surface area is 144 Å². The van der Waals surface area contributed by atoms with Gasteiger partial charge in [-0.25, -0.2) is 13.6 Å². The van der Waals surface area contributed by atoms with E-state index in [9.17, 15) is 27.2 Å². The number of rotatable bonds is 6. The van der Waals surface area contributed by atoms with Gasteiger partial charge >= 0.3 is 5.97 Å².